The van der Waals surface area contributed by atoms with Crippen LogP contribution in [-0.2, 0) is 0 Å². The van der Waals surface area contributed by atoms with Crippen LogP contribution in [0, 0.1) is 6.92 Å². The topological polar surface area (TPSA) is 16.1 Å². The van der Waals surface area contributed by atoms with Crippen LogP contribution in [-0.4, -0.2) is 23.9 Å². The Kier molecular flexibility index (Phi) is 4.19. The Hall–Kier alpha value is -0.0900. The SMILES string of the molecule is Cc1nc(N(C)CCBr)ccc1Br. The monoisotopic (exact) mass is 306 g/mol. The van der Waals surface area contributed by atoms with Gasteiger partial charge < -0.3 is 4.90 Å². The molecule has 4 heteroatoms. The van der Waals surface area contributed by atoms with Crippen LogP contribution in [0.25, 0.3) is 0 Å². The third kappa shape index (κ3) is 2.95. The Morgan fingerprint density at radius 3 is 2.69 bits per heavy atom. The molecule has 72 valence electrons. The van der Waals surface area contributed by atoms with Gasteiger partial charge in [-0.3, -0.25) is 0 Å². The van der Waals surface area contributed by atoms with Gasteiger partial charge in [0, 0.05) is 23.4 Å². The quantitative estimate of drug-likeness (QED) is 0.798. The van der Waals surface area contributed by atoms with Gasteiger partial charge in [0.2, 0.25) is 0 Å². The minimum atomic E-state index is 0.959. The lowest BCUT2D eigenvalue weighted by atomic mass is 10.3. The highest BCUT2D eigenvalue weighted by Gasteiger charge is 2.02. The summed E-state index contributed by atoms with van der Waals surface area (Å²) in [7, 11) is 2.04. The van der Waals surface area contributed by atoms with E-state index in [-0.39, 0.29) is 0 Å². The molecule has 0 atom stereocenters. The molecule has 0 amide bonds. The molecular formula is C9H12Br2N2. The molecule has 0 radical (unpaired) electrons. The number of aryl methyl sites for hydroxylation is 1. The Bertz CT molecular complexity index is 289. The average Bonchev–Trinajstić information content (AvgIpc) is 2.10. The molecule has 2 nitrogen and oxygen atoms in total. The second kappa shape index (κ2) is 4.96. The molecule has 0 fully saturated rings. The Balaban J connectivity index is 2.84. The van der Waals surface area contributed by atoms with Gasteiger partial charge in [-0.25, -0.2) is 4.98 Å². The first-order chi connectivity index (χ1) is 6.15. The van der Waals surface area contributed by atoms with Crippen LogP contribution in [0.15, 0.2) is 16.6 Å². The zero-order valence-electron chi connectivity index (χ0n) is 7.72. The fourth-order valence-corrected chi connectivity index (χ4v) is 1.74. The summed E-state index contributed by atoms with van der Waals surface area (Å²) < 4.78 is 1.06. The second-order valence-electron chi connectivity index (χ2n) is 2.85. The van der Waals surface area contributed by atoms with E-state index in [0.717, 1.165) is 27.9 Å². The van der Waals surface area contributed by atoms with E-state index in [0.29, 0.717) is 0 Å². The number of aromatic nitrogens is 1. The molecule has 0 aliphatic heterocycles. The van der Waals surface area contributed by atoms with Crippen LogP contribution < -0.4 is 4.90 Å². The van der Waals surface area contributed by atoms with Crippen molar-refractivity contribution in [3.8, 4) is 0 Å². The van der Waals surface area contributed by atoms with E-state index in [4.69, 9.17) is 0 Å². The van der Waals surface area contributed by atoms with Crippen molar-refractivity contribution in [2.75, 3.05) is 23.8 Å². The molecule has 0 unspecified atom stereocenters. The largest absolute Gasteiger partial charge is 0.359 e. The molecule has 0 spiro atoms. The van der Waals surface area contributed by atoms with Crippen LogP contribution >= 0.6 is 31.9 Å². The van der Waals surface area contributed by atoms with E-state index in [1.54, 1.807) is 0 Å². The summed E-state index contributed by atoms with van der Waals surface area (Å²) in [5, 5.41) is 0.959. The summed E-state index contributed by atoms with van der Waals surface area (Å²) in [5.74, 6) is 1.01. The molecule has 0 aliphatic rings. The van der Waals surface area contributed by atoms with E-state index in [9.17, 15) is 0 Å². The number of hydrogen-bond donors (Lipinski definition) is 0. The maximum Gasteiger partial charge on any atom is 0.128 e. The van der Waals surface area contributed by atoms with Crippen molar-refractivity contribution in [2.24, 2.45) is 0 Å². The zero-order chi connectivity index (χ0) is 9.84. The second-order valence-corrected chi connectivity index (χ2v) is 4.49. The first-order valence-corrected chi connectivity index (χ1v) is 5.97. The number of pyridine rings is 1. The van der Waals surface area contributed by atoms with E-state index in [2.05, 4.69) is 41.7 Å². The first-order valence-electron chi connectivity index (χ1n) is 4.05. The standard InChI is InChI=1S/C9H12Br2N2/c1-7-8(11)3-4-9(12-7)13(2)6-5-10/h3-4H,5-6H2,1-2H3. The van der Waals surface area contributed by atoms with Gasteiger partial charge in [-0.05, 0) is 35.0 Å². The van der Waals surface area contributed by atoms with E-state index in [1.807, 2.05) is 26.1 Å². The summed E-state index contributed by atoms with van der Waals surface area (Å²) in [6.45, 7) is 2.96. The predicted octanol–water partition coefficient (Wildman–Crippen LogP) is 2.98. The van der Waals surface area contributed by atoms with E-state index >= 15 is 0 Å². The summed E-state index contributed by atoms with van der Waals surface area (Å²) in [6, 6.07) is 4.04. The van der Waals surface area contributed by atoms with Gasteiger partial charge >= 0.3 is 0 Å². The molecule has 0 saturated heterocycles. The molecule has 0 saturated carbocycles. The fraction of sp³-hybridized carbons (Fsp3) is 0.444. The summed E-state index contributed by atoms with van der Waals surface area (Å²) >= 11 is 6.83. The molecule has 0 bridgehead atoms. The minimum Gasteiger partial charge on any atom is -0.359 e. The van der Waals surface area contributed by atoms with Crippen molar-refractivity contribution in [1.82, 2.24) is 4.98 Å². The predicted molar refractivity (Wildman–Crippen MR) is 63.7 cm³/mol. The van der Waals surface area contributed by atoms with Crippen molar-refractivity contribution in [2.45, 2.75) is 6.92 Å². The zero-order valence-corrected chi connectivity index (χ0v) is 10.9. The summed E-state index contributed by atoms with van der Waals surface area (Å²) in [4.78, 5) is 6.57. The minimum absolute atomic E-state index is 0.959. The molecular weight excluding hydrogens is 296 g/mol. The maximum absolute atomic E-state index is 4.45. The van der Waals surface area contributed by atoms with Crippen molar-refractivity contribution in [3.63, 3.8) is 0 Å². The first kappa shape index (κ1) is 11.0. The summed E-state index contributed by atoms with van der Waals surface area (Å²) in [5.41, 5.74) is 1.03. The number of alkyl halides is 1. The molecule has 13 heavy (non-hydrogen) atoms. The smallest absolute Gasteiger partial charge is 0.128 e. The van der Waals surface area contributed by atoms with Gasteiger partial charge in [0.05, 0.1) is 5.69 Å². The van der Waals surface area contributed by atoms with Crippen molar-refractivity contribution in [3.05, 3.63) is 22.3 Å². The van der Waals surface area contributed by atoms with Crippen LogP contribution in [0.3, 0.4) is 0 Å². The molecule has 0 aromatic carbocycles. The van der Waals surface area contributed by atoms with Crippen molar-refractivity contribution >= 4 is 37.7 Å². The average molecular weight is 308 g/mol. The van der Waals surface area contributed by atoms with Gasteiger partial charge in [-0.2, -0.15) is 0 Å². The number of halogens is 2. The summed E-state index contributed by atoms with van der Waals surface area (Å²) in [6.07, 6.45) is 0. The highest BCUT2D eigenvalue weighted by molar-refractivity contribution is 9.10. The lowest BCUT2D eigenvalue weighted by Gasteiger charge is -2.17. The number of nitrogens with zero attached hydrogens (tertiary/aromatic N) is 2. The van der Waals surface area contributed by atoms with Gasteiger partial charge in [0.25, 0.3) is 0 Å². The van der Waals surface area contributed by atoms with Crippen molar-refractivity contribution < 1.29 is 0 Å². The number of hydrogen-bond acceptors (Lipinski definition) is 2. The molecule has 1 rings (SSSR count). The normalized spacial score (nSPS) is 10.2. The van der Waals surface area contributed by atoms with Gasteiger partial charge in [0.15, 0.2) is 0 Å². The molecule has 1 heterocycles. The molecule has 0 aliphatic carbocycles. The van der Waals surface area contributed by atoms with Gasteiger partial charge in [0.1, 0.15) is 5.82 Å². The van der Waals surface area contributed by atoms with E-state index < -0.39 is 0 Å². The maximum atomic E-state index is 4.45. The third-order valence-electron chi connectivity index (χ3n) is 1.82. The Morgan fingerprint density at radius 2 is 2.15 bits per heavy atom. The molecule has 1 aromatic rings. The molecule has 0 N–H and O–H groups in total. The third-order valence-corrected chi connectivity index (χ3v) is 3.01. The highest BCUT2D eigenvalue weighted by Crippen LogP contribution is 2.18. The highest BCUT2D eigenvalue weighted by atomic mass is 79.9. The van der Waals surface area contributed by atoms with E-state index in [1.165, 1.54) is 0 Å². The van der Waals surface area contributed by atoms with Crippen LogP contribution in [0.1, 0.15) is 5.69 Å². The van der Waals surface area contributed by atoms with Gasteiger partial charge in [-0.15, -0.1) is 0 Å². The van der Waals surface area contributed by atoms with Crippen LogP contribution in [0.5, 0.6) is 0 Å². The van der Waals surface area contributed by atoms with Crippen LogP contribution in [0.2, 0.25) is 0 Å². The lowest BCUT2D eigenvalue weighted by Crippen LogP contribution is -2.20. The lowest BCUT2D eigenvalue weighted by molar-refractivity contribution is 0.940. The molecule has 1 aromatic heterocycles. The Labute approximate surface area is 95.6 Å². The fourth-order valence-electron chi connectivity index (χ4n) is 0.985. The Morgan fingerprint density at radius 1 is 1.46 bits per heavy atom. The van der Waals surface area contributed by atoms with Crippen molar-refractivity contribution in [1.29, 1.82) is 0 Å². The number of rotatable bonds is 3. The van der Waals surface area contributed by atoms with Crippen LogP contribution in [0.4, 0.5) is 5.82 Å². The number of anilines is 1. The van der Waals surface area contributed by atoms with Gasteiger partial charge in [-0.1, -0.05) is 15.9 Å².